The van der Waals surface area contributed by atoms with E-state index in [-0.39, 0.29) is 11.6 Å². The predicted octanol–water partition coefficient (Wildman–Crippen LogP) is 2.50. The molecule has 0 aromatic carbocycles. The van der Waals surface area contributed by atoms with Crippen molar-refractivity contribution in [1.29, 1.82) is 0 Å². The predicted molar refractivity (Wildman–Crippen MR) is 65.3 cm³/mol. The highest BCUT2D eigenvalue weighted by molar-refractivity contribution is 5.72. The van der Waals surface area contributed by atoms with E-state index < -0.39 is 0 Å². The van der Waals surface area contributed by atoms with Gasteiger partial charge in [0.05, 0.1) is 6.54 Å². The second-order valence-electron chi connectivity index (χ2n) is 6.21. The van der Waals surface area contributed by atoms with E-state index in [0.717, 1.165) is 6.54 Å². The first-order chi connectivity index (χ1) is 7.31. The second kappa shape index (κ2) is 5.17. The number of hydrogen-bond acceptors (Lipinski definition) is 3. The molecule has 3 heteroatoms. The van der Waals surface area contributed by atoms with Crippen molar-refractivity contribution >= 4 is 5.97 Å². The Morgan fingerprint density at radius 3 is 2.38 bits per heavy atom. The Morgan fingerprint density at radius 2 is 1.88 bits per heavy atom. The third-order valence-electron chi connectivity index (χ3n) is 3.05. The topological polar surface area (TPSA) is 38.3 Å². The van der Waals surface area contributed by atoms with Crippen LogP contribution < -0.4 is 5.32 Å². The molecule has 1 fully saturated rings. The lowest BCUT2D eigenvalue weighted by atomic mass is 9.89. The molecule has 1 rings (SSSR count). The minimum Gasteiger partial charge on any atom is -0.459 e. The van der Waals surface area contributed by atoms with Crippen LogP contribution in [-0.2, 0) is 9.53 Å². The van der Waals surface area contributed by atoms with Gasteiger partial charge in [0.2, 0.25) is 0 Å². The number of carbonyl (C=O) groups is 1. The smallest absolute Gasteiger partial charge is 0.320 e. The highest BCUT2D eigenvalue weighted by Crippen LogP contribution is 2.36. The van der Waals surface area contributed by atoms with Crippen molar-refractivity contribution in [1.82, 2.24) is 5.32 Å². The standard InChI is InChI=1S/C13H25NO2/c1-12(2,3)16-11(15)9-14-10-13(4)7-5-6-8-13/h14H,5-10H2,1-4H3. The monoisotopic (exact) mass is 227 g/mol. The molecule has 0 aromatic rings. The molecule has 16 heavy (non-hydrogen) atoms. The molecule has 0 amide bonds. The molecule has 0 aliphatic heterocycles. The molecule has 1 N–H and O–H groups in total. The van der Waals surface area contributed by atoms with Gasteiger partial charge in [0.25, 0.3) is 0 Å². The summed E-state index contributed by atoms with van der Waals surface area (Å²) in [7, 11) is 0. The van der Waals surface area contributed by atoms with E-state index >= 15 is 0 Å². The fourth-order valence-electron chi connectivity index (χ4n) is 2.25. The van der Waals surface area contributed by atoms with Crippen LogP contribution in [0.15, 0.2) is 0 Å². The van der Waals surface area contributed by atoms with E-state index in [4.69, 9.17) is 4.74 Å². The zero-order valence-electron chi connectivity index (χ0n) is 11.1. The molecule has 0 radical (unpaired) electrons. The maximum atomic E-state index is 11.5. The summed E-state index contributed by atoms with van der Waals surface area (Å²) in [5.74, 6) is -0.158. The Bertz CT molecular complexity index is 237. The van der Waals surface area contributed by atoms with Gasteiger partial charge in [0.15, 0.2) is 0 Å². The normalized spacial score (nSPS) is 19.8. The zero-order chi connectivity index (χ0) is 12.2. The Labute approximate surface area is 98.9 Å². The van der Waals surface area contributed by atoms with Crippen LogP contribution in [0.2, 0.25) is 0 Å². The van der Waals surface area contributed by atoms with Crippen molar-refractivity contribution in [2.24, 2.45) is 5.41 Å². The Balaban J connectivity index is 2.18. The van der Waals surface area contributed by atoms with Crippen LogP contribution in [0.3, 0.4) is 0 Å². The van der Waals surface area contributed by atoms with E-state index in [0.29, 0.717) is 12.0 Å². The van der Waals surface area contributed by atoms with Crippen molar-refractivity contribution in [3.63, 3.8) is 0 Å². The summed E-state index contributed by atoms with van der Waals surface area (Å²) in [6, 6.07) is 0. The number of esters is 1. The van der Waals surface area contributed by atoms with Gasteiger partial charge in [-0.25, -0.2) is 0 Å². The Hall–Kier alpha value is -0.570. The van der Waals surface area contributed by atoms with Gasteiger partial charge >= 0.3 is 5.97 Å². The third-order valence-corrected chi connectivity index (χ3v) is 3.05. The SMILES string of the molecule is CC1(CNCC(=O)OC(C)(C)C)CCCC1. The summed E-state index contributed by atoms with van der Waals surface area (Å²) in [5, 5.41) is 3.22. The number of carbonyl (C=O) groups excluding carboxylic acids is 1. The molecule has 0 heterocycles. The quantitative estimate of drug-likeness (QED) is 0.750. The first-order valence-electron chi connectivity index (χ1n) is 6.23. The first-order valence-corrected chi connectivity index (χ1v) is 6.23. The number of rotatable bonds is 4. The summed E-state index contributed by atoms with van der Waals surface area (Å²) in [5.41, 5.74) is 0.0119. The van der Waals surface area contributed by atoms with Crippen LogP contribution in [0.1, 0.15) is 53.4 Å². The first kappa shape index (κ1) is 13.5. The molecule has 0 atom stereocenters. The lowest BCUT2D eigenvalue weighted by molar-refractivity contribution is -0.153. The van der Waals surface area contributed by atoms with Gasteiger partial charge in [-0.05, 0) is 39.0 Å². The van der Waals surface area contributed by atoms with Gasteiger partial charge in [-0.3, -0.25) is 4.79 Å². The van der Waals surface area contributed by atoms with Gasteiger partial charge in [0, 0.05) is 6.54 Å². The van der Waals surface area contributed by atoms with Crippen LogP contribution in [0.25, 0.3) is 0 Å². The van der Waals surface area contributed by atoms with Crippen molar-refractivity contribution in [3.8, 4) is 0 Å². The lowest BCUT2D eigenvalue weighted by Crippen LogP contribution is -2.36. The lowest BCUT2D eigenvalue weighted by Gasteiger charge is -2.24. The largest absolute Gasteiger partial charge is 0.459 e. The molecule has 0 spiro atoms. The molecule has 1 aliphatic rings. The highest BCUT2D eigenvalue weighted by Gasteiger charge is 2.28. The van der Waals surface area contributed by atoms with Gasteiger partial charge in [-0.1, -0.05) is 19.8 Å². The fourth-order valence-corrected chi connectivity index (χ4v) is 2.25. The molecule has 3 nitrogen and oxygen atoms in total. The molecule has 1 aliphatic carbocycles. The molecular formula is C13H25NO2. The third kappa shape index (κ3) is 4.97. The summed E-state index contributed by atoms with van der Waals surface area (Å²) in [6.45, 7) is 9.22. The molecule has 94 valence electrons. The Morgan fingerprint density at radius 1 is 1.31 bits per heavy atom. The maximum absolute atomic E-state index is 11.5. The summed E-state index contributed by atoms with van der Waals surface area (Å²) in [6.07, 6.45) is 5.19. The van der Waals surface area contributed by atoms with E-state index in [9.17, 15) is 4.79 Å². The summed E-state index contributed by atoms with van der Waals surface area (Å²) >= 11 is 0. The molecule has 0 aromatic heterocycles. The Kier molecular flexibility index (Phi) is 4.36. The van der Waals surface area contributed by atoms with Gasteiger partial charge < -0.3 is 10.1 Å². The van der Waals surface area contributed by atoms with Crippen LogP contribution in [0, 0.1) is 5.41 Å². The van der Waals surface area contributed by atoms with Gasteiger partial charge in [-0.15, -0.1) is 0 Å². The van der Waals surface area contributed by atoms with Crippen LogP contribution in [-0.4, -0.2) is 24.7 Å². The molecule has 0 bridgehead atoms. The molecular weight excluding hydrogens is 202 g/mol. The molecule has 0 saturated heterocycles. The van der Waals surface area contributed by atoms with E-state index in [1.165, 1.54) is 25.7 Å². The summed E-state index contributed by atoms with van der Waals surface area (Å²) < 4.78 is 5.23. The van der Waals surface area contributed by atoms with E-state index in [1.54, 1.807) is 0 Å². The van der Waals surface area contributed by atoms with E-state index in [2.05, 4.69) is 12.2 Å². The second-order valence-corrected chi connectivity index (χ2v) is 6.21. The zero-order valence-corrected chi connectivity index (χ0v) is 11.1. The highest BCUT2D eigenvalue weighted by atomic mass is 16.6. The fraction of sp³-hybridized carbons (Fsp3) is 0.923. The minimum atomic E-state index is -0.379. The number of hydrogen-bond donors (Lipinski definition) is 1. The van der Waals surface area contributed by atoms with Crippen molar-refractivity contribution in [2.75, 3.05) is 13.1 Å². The van der Waals surface area contributed by atoms with Crippen molar-refractivity contribution in [3.05, 3.63) is 0 Å². The average molecular weight is 227 g/mol. The van der Waals surface area contributed by atoms with E-state index in [1.807, 2.05) is 20.8 Å². The number of ether oxygens (including phenoxy) is 1. The van der Waals surface area contributed by atoms with Crippen LogP contribution >= 0.6 is 0 Å². The van der Waals surface area contributed by atoms with Crippen LogP contribution in [0.5, 0.6) is 0 Å². The van der Waals surface area contributed by atoms with Crippen molar-refractivity contribution in [2.45, 2.75) is 59.0 Å². The minimum absolute atomic E-state index is 0.158. The summed E-state index contributed by atoms with van der Waals surface area (Å²) in [4.78, 5) is 11.5. The van der Waals surface area contributed by atoms with Crippen LogP contribution in [0.4, 0.5) is 0 Å². The van der Waals surface area contributed by atoms with Gasteiger partial charge in [-0.2, -0.15) is 0 Å². The maximum Gasteiger partial charge on any atom is 0.320 e. The molecule has 1 saturated carbocycles. The average Bonchev–Trinajstić information content (AvgIpc) is 2.49. The molecule has 0 unspecified atom stereocenters. The van der Waals surface area contributed by atoms with Crippen molar-refractivity contribution < 1.29 is 9.53 Å². The van der Waals surface area contributed by atoms with Gasteiger partial charge in [0.1, 0.15) is 5.60 Å². The number of nitrogens with one attached hydrogen (secondary N) is 1.